The van der Waals surface area contributed by atoms with Crippen molar-refractivity contribution >= 4 is 28.6 Å². The number of aliphatic hydroxyl groups is 1. The second-order valence-corrected chi connectivity index (χ2v) is 6.14. The third-order valence-electron chi connectivity index (χ3n) is 3.77. The van der Waals surface area contributed by atoms with Crippen LogP contribution in [0.1, 0.15) is 16.7 Å². The Labute approximate surface area is 159 Å². The van der Waals surface area contributed by atoms with Crippen molar-refractivity contribution in [3.8, 4) is 11.8 Å². The van der Waals surface area contributed by atoms with E-state index in [-0.39, 0.29) is 41.0 Å². The first-order chi connectivity index (χ1) is 13.1. The van der Waals surface area contributed by atoms with E-state index in [2.05, 4.69) is 22.1 Å². The number of fused-ring (bicyclic) bond motifs is 1. The van der Waals surface area contributed by atoms with Gasteiger partial charge >= 0.3 is 0 Å². The van der Waals surface area contributed by atoms with Gasteiger partial charge in [0, 0.05) is 28.9 Å². The number of rotatable bonds is 4. The summed E-state index contributed by atoms with van der Waals surface area (Å²) in [6.45, 7) is 0.0395. The minimum absolute atomic E-state index is 0.113. The summed E-state index contributed by atoms with van der Waals surface area (Å²) in [7, 11) is 0. The zero-order valence-corrected chi connectivity index (χ0v) is 14.9. The molecule has 2 N–H and O–H groups in total. The number of hydrogen-bond donors (Lipinski definition) is 2. The van der Waals surface area contributed by atoms with Gasteiger partial charge in [0.2, 0.25) is 11.6 Å². The van der Waals surface area contributed by atoms with Crippen LogP contribution in [-0.4, -0.2) is 22.6 Å². The molecule has 3 aromatic rings. The summed E-state index contributed by atoms with van der Waals surface area (Å²) in [5, 5.41) is 12.4. The number of benzene rings is 1. The van der Waals surface area contributed by atoms with E-state index in [1.54, 1.807) is 12.1 Å². The minimum Gasteiger partial charge on any atom is -0.446 e. The van der Waals surface area contributed by atoms with Crippen LogP contribution < -0.4 is 10.7 Å². The molecule has 0 saturated carbocycles. The Bertz CT molecular complexity index is 1090. The Hall–Kier alpha value is -3.14. The van der Waals surface area contributed by atoms with E-state index in [1.807, 2.05) is 12.1 Å². The van der Waals surface area contributed by atoms with E-state index in [9.17, 15) is 9.59 Å². The molecule has 0 unspecified atom stereocenters. The molecular formula is C20H15ClN2O4. The topological polar surface area (TPSA) is 92.4 Å². The monoisotopic (exact) mass is 382 g/mol. The molecule has 0 fully saturated rings. The van der Waals surface area contributed by atoms with Crippen molar-refractivity contribution in [2.24, 2.45) is 0 Å². The zero-order chi connectivity index (χ0) is 19.2. The van der Waals surface area contributed by atoms with Crippen molar-refractivity contribution in [1.82, 2.24) is 10.3 Å². The fraction of sp³-hybridized carbons (Fsp3) is 0.150. The molecule has 0 atom stereocenters. The van der Waals surface area contributed by atoms with E-state index in [1.165, 1.54) is 18.5 Å². The van der Waals surface area contributed by atoms with E-state index in [0.29, 0.717) is 17.1 Å². The fourth-order valence-corrected chi connectivity index (χ4v) is 2.56. The number of nitrogens with zero attached hydrogens (tertiary/aromatic N) is 1. The van der Waals surface area contributed by atoms with Crippen molar-refractivity contribution in [3.63, 3.8) is 0 Å². The number of amides is 1. The maximum Gasteiger partial charge on any atom is 0.229 e. The van der Waals surface area contributed by atoms with Crippen LogP contribution in [0.25, 0.3) is 11.1 Å². The predicted molar refractivity (Wildman–Crippen MR) is 101 cm³/mol. The smallest absolute Gasteiger partial charge is 0.229 e. The first kappa shape index (κ1) is 18.6. The molecule has 27 heavy (non-hydrogen) atoms. The normalized spacial score (nSPS) is 10.3. The van der Waals surface area contributed by atoms with Gasteiger partial charge < -0.3 is 14.8 Å². The summed E-state index contributed by atoms with van der Waals surface area (Å²) in [4.78, 5) is 28.8. The number of nitrogens with one attached hydrogen (secondary N) is 1. The summed E-state index contributed by atoms with van der Waals surface area (Å²) in [6, 6.07) is 8.64. The van der Waals surface area contributed by atoms with Gasteiger partial charge in [-0.3, -0.25) is 9.59 Å². The van der Waals surface area contributed by atoms with E-state index < -0.39 is 0 Å². The maximum atomic E-state index is 12.6. The van der Waals surface area contributed by atoms with Crippen molar-refractivity contribution < 1.29 is 14.3 Å². The lowest BCUT2D eigenvalue weighted by atomic mass is 10.1. The summed E-state index contributed by atoms with van der Waals surface area (Å²) >= 11 is 5.83. The highest BCUT2D eigenvalue weighted by molar-refractivity contribution is 6.30. The van der Waals surface area contributed by atoms with Crippen LogP contribution in [0.15, 0.2) is 52.0 Å². The van der Waals surface area contributed by atoms with Crippen LogP contribution in [0.5, 0.6) is 0 Å². The summed E-state index contributed by atoms with van der Waals surface area (Å²) in [5.74, 6) is 4.87. The van der Waals surface area contributed by atoms with Gasteiger partial charge in [-0.15, -0.1) is 0 Å². The van der Waals surface area contributed by atoms with Crippen LogP contribution in [0, 0.1) is 11.8 Å². The van der Waals surface area contributed by atoms with Crippen molar-refractivity contribution in [3.05, 3.63) is 74.7 Å². The lowest BCUT2D eigenvalue weighted by Crippen LogP contribution is -2.26. The SMILES string of the molecule is O=C(Cc1coc2ncc(C#CCO)cc2c1=O)NCc1ccc(Cl)cc1. The van der Waals surface area contributed by atoms with Gasteiger partial charge in [0.25, 0.3) is 0 Å². The third kappa shape index (κ3) is 4.73. The maximum absolute atomic E-state index is 12.6. The second-order valence-electron chi connectivity index (χ2n) is 5.71. The molecule has 6 nitrogen and oxygen atoms in total. The third-order valence-corrected chi connectivity index (χ3v) is 4.02. The average molecular weight is 383 g/mol. The number of pyridine rings is 1. The number of carbonyl (C=O) groups is 1. The summed E-state index contributed by atoms with van der Waals surface area (Å²) in [6.07, 6.45) is 2.59. The molecule has 0 spiro atoms. The summed E-state index contributed by atoms with van der Waals surface area (Å²) < 4.78 is 5.36. The largest absolute Gasteiger partial charge is 0.446 e. The standard InChI is InChI=1S/C20H15ClN2O4/c21-16-5-3-13(4-6-16)10-22-18(25)9-15-12-27-20-17(19(15)26)8-14(11-23-20)2-1-7-24/h3-6,8,11-12,24H,7,9-10H2,(H,22,25). The Morgan fingerprint density at radius 1 is 1.30 bits per heavy atom. The first-order valence-corrected chi connectivity index (χ1v) is 8.46. The van der Waals surface area contributed by atoms with E-state index in [4.69, 9.17) is 21.1 Å². The van der Waals surface area contributed by atoms with Gasteiger partial charge in [0.05, 0.1) is 11.8 Å². The first-order valence-electron chi connectivity index (χ1n) is 8.08. The molecule has 2 heterocycles. The van der Waals surface area contributed by atoms with Crippen molar-refractivity contribution in [2.75, 3.05) is 6.61 Å². The van der Waals surface area contributed by atoms with Gasteiger partial charge in [-0.05, 0) is 23.8 Å². The molecule has 2 aromatic heterocycles. The molecule has 1 amide bonds. The highest BCUT2D eigenvalue weighted by Gasteiger charge is 2.12. The van der Waals surface area contributed by atoms with Gasteiger partial charge in [-0.1, -0.05) is 35.6 Å². The molecular weight excluding hydrogens is 368 g/mol. The highest BCUT2D eigenvalue weighted by Crippen LogP contribution is 2.11. The number of hydrogen-bond acceptors (Lipinski definition) is 5. The molecule has 7 heteroatoms. The Morgan fingerprint density at radius 2 is 2.07 bits per heavy atom. The highest BCUT2D eigenvalue weighted by atomic mass is 35.5. The van der Waals surface area contributed by atoms with Crippen LogP contribution >= 0.6 is 11.6 Å². The van der Waals surface area contributed by atoms with Crippen LogP contribution in [0.4, 0.5) is 0 Å². The minimum atomic E-state index is -0.335. The second kappa shape index (κ2) is 8.49. The number of aromatic nitrogens is 1. The van der Waals surface area contributed by atoms with E-state index >= 15 is 0 Å². The lowest BCUT2D eigenvalue weighted by Gasteiger charge is -2.06. The quantitative estimate of drug-likeness (QED) is 0.674. The Kier molecular flexibility index (Phi) is 5.87. The van der Waals surface area contributed by atoms with Crippen molar-refractivity contribution in [2.45, 2.75) is 13.0 Å². The molecule has 136 valence electrons. The van der Waals surface area contributed by atoms with E-state index in [0.717, 1.165) is 5.56 Å². The average Bonchev–Trinajstić information content (AvgIpc) is 2.68. The Morgan fingerprint density at radius 3 is 2.81 bits per heavy atom. The van der Waals surface area contributed by atoms with Crippen LogP contribution in [0.3, 0.4) is 0 Å². The van der Waals surface area contributed by atoms with Gasteiger partial charge in [-0.2, -0.15) is 0 Å². The van der Waals surface area contributed by atoms with Gasteiger partial charge in [-0.25, -0.2) is 4.98 Å². The van der Waals surface area contributed by atoms with Gasteiger partial charge in [0.1, 0.15) is 12.9 Å². The predicted octanol–water partition coefficient (Wildman–Crippen LogP) is 2.04. The van der Waals surface area contributed by atoms with Crippen LogP contribution in [0.2, 0.25) is 5.02 Å². The molecule has 1 aromatic carbocycles. The summed E-state index contributed by atoms with van der Waals surface area (Å²) in [5.41, 5.74) is 1.44. The number of aliphatic hydroxyl groups excluding tert-OH is 1. The molecule has 0 aliphatic carbocycles. The lowest BCUT2D eigenvalue weighted by molar-refractivity contribution is -0.120. The number of halogens is 1. The fourth-order valence-electron chi connectivity index (χ4n) is 2.43. The van der Waals surface area contributed by atoms with Crippen LogP contribution in [-0.2, 0) is 17.8 Å². The molecule has 0 aliphatic heterocycles. The van der Waals surface area contributed by atoms with Crippen molar-refractivity contribution in [1.29, 1.82) is 0 Å². The molecule has 0 aliphatic rings. The molecule has 0 bridgehead atoms. The Balaban J connectivity index is 1.75. The number of carbonyl (C=O) groups excluding carboxylic acids is 1. The molecule has 0 radical (unpaired) electrons. The molecule has 0 saturated heterocycles. The van der Waals surface area contributed by atoms with Gasteiger partial charge in [0.15, 0.2) is 5.43 Å². The zero-order valence-electron chi connectivity index (χ0n) is 14.2. The molecule has 3 rings (SSSR count).